The summed E-state index contributed by atoms with van der Waals surface area (Å²) in [5.74, 6) is 0. The molecule has 6 aromatic carbocycles. The lowest BCUT2D eigenvalue weighted by molar-refractivity contribution is 1.11. The maximum atomic E-state index is 2.44. The first-order valence-electron chi connectivity index (χ1n) is 16.1. The lowest BCUT2D eigenvalue weighted by Crippen LogP contribution is -1.95. The van der Waals surface area contributed by atoms with Crippen LogP contribution in [0.3, 0.4) is 0 Å². The zero-order chi connectivity index (χ0) is 30.2. The Bertz CT molecular complexity index is 2570. The fraction of sp³-hybridized carbons (Fsp3) is 0.0455. The number of hydrogen-bond donors (Lipinski definition) is 0. The van der Waals surface area contributed by atoms with Gasteiger partial charge in [0.05, 0.1) is 22.1 Å². The van der Waals surface area contributed by atoms with E-state index in [9.17, 15) is 0 Å². The molecule has 2 nitrogen and oxygen atoms in total. The Morgan fingerprint density at radius 1 is 0.478 bits per heavy atom. The Morgan fingerprint density at radius 3 is 1.80 bits per heavy atom. The average Bonchev–Trinajstić information content (AvgIpc) is 3.69. The minimum absolute atomic E-state index is 0.974. The third-order valence-corrected chi connectivity index (χ3v) is 9.99. The van der Waals surface area contributed by atoms with Crippen LogP contribution in [0.25, 0.3) is 71.7 Å². The van der Waals surface area contributed by atoms with Crippen LogP contribution in [0.4, 0.5) is 0 Å². The molecule has 8 aromatic rings. The summed E-state index contributed by atoms with van der Waals surface area (Å²) in [6.07, 6.45) is 9.08. The van der Waals surface area contributed by atoms with Crippen molar-refractivity contribution < 1.29 is 0 Å². The van der Waals surface area contributed by atoms with E-state index >= 15 is 0 Å². The van der Waals surface area contributed by atoms with Crippen LogP contribution in [-0.4, -0.2) is 9.13 Å². The quantitative estimate of drug-likeness (QED) is 0.195. The molecule has 2 heterocycles. The van der Waals surface area contributed by atoms with Gasteiger partial charge in [0.1, 0.15) is 0 Å². The number of allylic oxidation sites excluding steroid dienone is 6. The van der Waals surface area contributed by atoms with Gasteiger partial charge in [-0.15, -0.1) is 0 Å². The van der Waals surface area contributed by atoms with Crippen LogP contribution in [0.2, 0.25) is 0 Å². The average molecular weight is 587 g/mol. The van der Waals surface area contributed by atoms with Gasteiger partial charge in [-0.25, -0.2) is 0 Å². The number of aromatic nitrogens is 2. The van der Waals surface area contributed by atoms with E-state index < -0.39 is 0 Å². The maximum absolute atomic E-state index is 2.44. The van der Waals surface area contributed by atoms with Crippen molar-refractivity contribution in [1.29, 1.82) is 0 Å². The molecule has 0 saturated heterocycles. The van der Waals surface area contributed by atoms with Crippen molar-refractivity contribution in [2.24, 2.45) is 0 Å². The van der Waals surface area contributed by atoms with Gasteiger partial charge < -0.3 is 9.13 Å². The fourth-order valence-corrected chi connectivity index (χ4v) is 7.90. The molecule has 0 saturated carbocycles. The first-order valence-corrected chi connectivity index (χ1v) is 16.1. The van der Waals surface area contributed by atoms with Gasteiger partial charge in [0.2, 0.25) is 0 Å². The minimum Gasteiger partial charge on any atom is -0.309 e. The van der Waals surface area contributed by atoms with E-state index in [0.717, 1.165) is 12.8 Å². The highest BCUT2D eigenvalue weighted by atomic mass is 15.0. The van der Waals surface area contributed by atoms with E-state index in [2.05, 4.69) is 167 Å². The lowest BCUT2D eigenvalue weighted by atomic mass is 9.96. The largest absolute Gasteiger partial charge is 0.309 e. The van der Waals surface area contributed by atoms with E-state index in [0.29, 0.717) is 0 Å². The second-order valence-electron chi connectivity index (χ2n) is 12.5. The highest BCUT2D eigenvalue weighted by molar-refractivity contribution is 6.12. The van der Waals surface area contributed by atoms with Crippen molar-refractivity contribution in [1.82, 2.24) is 9.13 Å². The molecule has 10 rings (SSSR count). The van der Waals surface area contributed by atoms with Crippen molar-refractivity contribution in [3.05, 3.63) is 174 Å². The Morgan fingerprint density at radius 2 is 1.07 bits per heavy atom. The molecule has 2 aliphatic rings. The molecule has 216 valence electrons. The van der Waals surface area contributed by atoms with Gasteiger partial charge in [-0.1, -0.05) is 103 Å². The van der Waals surface area contributed by atoms with Gasteiger partial charge in [-0.2, -0.15) is 0 Å². The maximum Gasteiger partial charge on any atom is 0.0541 e. The monoisotopic (exact) mass is 586 g/mol. The second kappa shape index (κ2) is 9.82. The molecule has 2 aliphatic carbocycles. The first kappa shape index (κ1) is 25.5. The summed E-state index contributed by atoms with van der Waals surface area (Å²) in [6, 6.07) is 51.1. The lowest BCUT2D eigenvalue weighted by Gasteiger charge is -2.12. The van der Waals surface area contributed by atoms with E-state index in [1.165, 1.54) is 88.4 Å². The molecule has 0 unspecified atom stereocenters. The summed E-state index contributed by atoms with van der Waals surface area (Å²) < 4.78 is 4.82. The first-order chi connectivity index (χ1) is 22.8. The standard InChI is InChI=1S/C44H30N2/c1-2-12-33(13-3-1)45-43-20-9-6-17-37(43)40-27-30(23-24-44(40)45)29-21-22-32-25-31-11-10-14-34(28-39(31)38(32)26-29)46-41-18-7-4-15-35(41)36-16-5-8-19-42(36)46/h1-10,12-24,26-28H,11,25H2. The topological polar surface area (TPSA) is 9.86 Å². The highest BCUT2D eigenvalue weighted by Crippen LogP contribution is 2.43. The molecule has 0 aliphatic heterocycles. The van der Waals surface area contributed by atoms with Crippen LogP contribution >= 0.6 is 0 Å². The Hall–Kier alpha value is -5.86. The number of para-hydroxylation sites is 4. The zero-order valence-corrected chi connectivity index (χ0v) is 25.3. The van der Waals surface area contributed by atoms with Crippen LogP contribution in [-0.2, 0) is 6.42 Å². The normalized spacial score (nSPS) is 14.3. The smallest absolute Gasteiger partial charge is 0.0541 e. The molecule has 0 fully saturated rings. The Kier molecular flexibility index (Phi) is 5.44. The van der Waals surface area contributed by atoms with E-state index in [1.54, 1.807) is 0 Å². The van der Waals surface area contributed by atoms with Crippen LogP contribution in [0, 0.1) is 0 Å². The van der Waals surface area contributed by atoms with Crippen molar-refractivity contribution in [2.75, 3.05) is 0 Å². The van der Waals surface area contributed by atoms with Gasteiger partial charge >= 0.3 is 0 Å². The zero-order valence-electron chi connectivity index (χ0n) is 25.3. The minimum atomic E-state index is 0.974. The third kappa shape index (κ3) is 3.71. The Labute approximate surface area is 267 Å². The second-order valence-corrected chi connectivity index (χ2v) is 12.5. The van der Waals surface area contributed by atoms with Crippen molar-refractivity contribution in [3.63, 3.8) is 0 Å². The van der Waals surface area contributed by atoms with Gasteiger partial charge in [-0.05, 0) is 101 Å². The third-order valence-electron chi connectivity index (χ3n) is 9.99. The van der Waals surface area contributed by atoms with Crippen LogP contribution in [0.1, 0.15) is 17.5 Å². The van der Waals surface area contributed by atoms with Gasteiger partial charge in [0.25, 0.3) is 0 Å². The van der Waals surface area contributed by atoms with E-state index in [-0.39, 0.29) is 0 Å². The number of fused-ring (bicyclic) bond motifs is 8. The molecular formula is C44H30N2. The Balaban J connectivity index is 1.12. The summed E-state index contributed by atoms with van der Waals surface area (Å²) in [5.41, 5.74) is 15.5. The number of benzene rings is 6. The van der Waals surface area contributed by atoms with E-state index in [1.807, 2.05) is 0 Å². The molecule has 0 amide bonds. The predicted molar refractivity (Wildman–Crippen MR) is 194 cm³/mol. The van der Waals surface area contributed by atoms with Crippen LogP contribution in [0.5, 0.6) is 0 Å². The van der Waals surface area contributed by atoms with Gasteiger partial charge in [-0.3, -0.25) is 0 Å². The molecular weight excluding hydrogens is 556 g/mol. The number of nitrogens with zero attached hydrogens (tertiary/aromatic N) is 2. The molecule has 2 heteroatoms. The molecule has 0 atom stereocenters. The molecule has 2 aromatic heterocycles. The summed E-state index contributed by atoms with van der Waals surface area (Å²) in [7, 11) is 0. The summed E-state index contributed by atoms with van der Waals surface area (Å²) >= 11 is 0. The predicted octanol–water partition coefficient (Wildman–Crippen LogP) is 11.4. The van der Waals surface area contributed by atoms with E-state index in [4.69, 9.17) is 0 Å². The molecule has 0 N–H and O–H groups in total. The van der Waals surface area contributed by atoms with Crippen molar-refractivity contribution in [3.8, 4) is 16.8 Å². The molecule has 0 spiro atoms. The summed E-state index contributed by atoms with van der Waals surface area (Å²) in [4.78, 5) is 0. The number of rotatable bonds is 3. The summed E-state index contributed by atoms with van der Waals surface area (Å²) in [6.45, 7) is 0. The van der Waals surface area contributed by atoms with Crippen LogP contribution < -0.4 is 0 Å². The van der Waals surface area contributed by atoms with Crippen LogP contribution in [0.15, 0.2) is 163 Å². The SMILES string of the molecule is C1=CC(n2c3ccccc3c3ccccc32)=CC2=C(C1)Cc1ccc(-c3ccc4c(c3)c3ccccc3n4-c3ccccc3)cc12. The summed E-state index contributed by atoms with van der Waals surface area (Å²) in [5, 5.41) is 5.15. The highest BCUT2D eigenvalue weighted by Gasteiger charge is 2.23. The fourth-order valence-electron chi connectivity index (χ4n) is 7.90. The molecule has 0 radical (unpaired) electrons. The van der Waals surface area contributed by atoms with Gasteiger partial charge in [0.15, 0.2) is 0 Å². The number of hydrogen-bond acceptors (Lipinski definition) is 0. The molecule has 46 heavy (non-hydrogen) atoms. The van der Waals surface area contributed by atoms with Gasteiger partial charge in [0, 0.05) is 32.9 Å². The van der Waals surface area contributed by atoms with Crippen molar-refractivity contribution in [2.45, 2.75) is 12.8 Å². The molecule has 0 bridgehead atoms. The van der Waals surface area contributed by atoms with Crippen molar-refractivity contribution >= 4 is 54.9 Å².